The van der Waals surface area contributed by atoms with E-state index in [1.807, 2.05) is 0 Å². The van der Waals surface area contributed by atoms with Crippen LogP contribution in [0, 0.1) is 0 Å². The Labute approximate surface area is 127 Å². The number of carbonyl (C=O) groups is 2. The van der Waals surface area contributed by atoms with E-state index in [2.05, 4.69) is 10.1 Å². The van der Waals surface area contributed by atoms with Gasteiger partial charge in [-0.25, -0.2) is 4.79 Å². The van der Waals surface area contributed by atoms with E-state index in [1.54, 1.807) is 48.9 Å². The van der Waals surface area contributed by atoms with Crippen molar-refractivity contribution in [2.75, 3.05) is 7.11 Å². The Kier molecular flexibility index (Phi) is 4.30. The van der Waals surface area contributed by atoms with E-state index in [0.29, 0.717) is 10.9 Å². The molecule has 6 heteroatoms. The number of nitrogens with zero attached hydrogens (tertiary/aromatic N) is 1. The van der Waals surface area contributed by atoms with Gasteiger partial charge in [0.2, 0.25) is 5.91 Å². The lowest BCUT2D eigenvalue weighted by molar-refractivity contribution is -0.149. The molecule has 0 radical (unpaired) electrons. The van der Waals surface area contributed by atoms with E-state index in [1.165, 1.54) is 13.2 Å². The predicted molar refractivity (Wildman–Crippen MR) is 82.4 cm³/mol. The van der Waals surface area contributed by atoms with Crippen LogP contribution in [0.15, 0.2) is 41.3 Å². The predicted octanol–water partition coefficient (Wildman–Crippen LogP) is 1.07. The fraction of sp³-hybridized carbons (Fsp3) is 0.312. The molecule has 0 atom stereocenters. The highest BCUT2D eigenvalue weighted by Gasteiger charge is 2.30. The number of nitrogens with one attached hydrogen (secondary N) is 1. The molecule has 0 fully saturated rings. The minimum absolute atomic E-state index is 0.00121. The van der Waals surface area contributed by atoms with Crippen molar-refractivity contribution in [3.8, 4) is 0 Å². The molecule has 2 rings (SSSR count). The van der Waals surface area contributed by atoms with Gasteiger partial charge in [0.05, 0.1) is 12.6 Å². The van der Waals surface area contributed by atoms with Crippen molar-refractivity contribution >= 4 is 22.8 Å². The summed E-state index contributed by atoms with van der Waals surface area (Å²) < 4.78 is 6.32. The fourth-order valence-corrected chi connectivity index (χ4v) is 2.25. The minimum atomic E-state index is -1.11. The summed E-state index contributed by atoms with van der Waals surface area (Å²) >= 11 is 0. The number of carbonyl (C=O) groups excluding carboxylic acids is 2. The number of para-hydroxylation sites is 1. The largest absolute Gasteiger partial charge is 0.467 e. The van der Waals surface area contributed by atoms with Gasteiger partial charge in [-0.1, -0.05) is 12.1 Å². The van der Waals surface area contributed by atoms with Crippen molar-refractivity contribution in [1.29, 1.82) is 0 Å². The molecule has 1 amide bonds. The number of rotatable bonds is 4. The SMILES string of the molecule is COC(=O)C(C)(C)NC(=O)Cn1ccc(=O)c2ccccc21. The summed E-state index contributed by atoms with van der Waals surface area (Å²) in [7, 11) is 1.27. The summed E-state index contributed by atoms with van der Waals surface area (Å²) in [5, 5.41) is 3.17. The third kappa shape index (κ3) is 3.16. The Balaban J connectivity index is 2.25. The number of methoxy groups -OCH3 is 1. The summed E-state index contributed by atoms with van der Waals surface area (Å²) in [5.41, 5.74) is -0.538. The van der Waals surface area contributed by atoms with Gasteiger partial charge in [0.25, 0.3) is 0 Å². The van der Waals surface area contributed by atoms with Crippen LogP contribution in [0.4, 0.5) is 0 Å². The zero-order chi connectivity index (χ0) is 16.3. The minimum Gasteiger partial charge on any atom is -0.467 e. The van der Waals surface area contributed by atoms with Crippen molar-refractivity contribution in [2.45, 2.75) is 25.9 Å². The van der Waals surface area contributed by atoms with Crippen molar-refractivity contribution in [3.05, 3.63) is 46.8 Å². The van der Waals surface area contributed by atoms with Crippen LogP contribution in [0.2, 0.25) is 0 Å². The second kappa shape index (κ2) is 6.01. The molecule has 0 aliphatic rings. The maximum atomic E-state index is 12.2. The first-order chi connectivity index (χ1) is 10.3. The molecule has 1 N–H and O–H groups in total. The molecule has 1 aromatic heterocycles. The van der Waals surface area contributed by atoms with Gasteiger partial charge in [-0.3, -0.25) is 9.59 Å². The second-order valence-electron chi connectivity index (χ2n) is 5.49. The van der Waals surface area contributed by atoms with Gasteiger partial charge in [-0.2, -0.15) is 0 Å². The zero-order valence-electron chi connectivity index (χ0n) is 12.8. The monoisotopic (exact) mass is 302 g/mol. The summed E-state index contributed by atoms with van der Waals surface area (Å²) in [6.45, 7) is 3.14. The number of hydrogen-bond acceptors (Lipinski definition) is 4. The van der Waals surface area contributed by atoms with Crippen molar-refractivity contribution in [2.24, 2.45) is 0 Å². The molecular weight excluding hydrogens is 284 g/mol. The maximum absolute atomic E-state index is 12.2. The number of pyridine rings is 1. The highest BCUT2D eigenvalue weighted by Crippen LogP contribution is 2.10. The summed E-state index contributed by atoms with van der Waals surface area (Å²) in [6.07, 6.45) is 1.56. The Morgan fingerprint density at radius 2 is 1.91 bits per heavy atom. The lowest BCUT2D eigenvalue weighted by atomic mass is 10.1. The first-order valence-electron chi connectivity index (χ1n) is 6.83. The van der Waals surface area contributed by atoms with Gasteiger partial charge in [0.1, 0.15) is 12.1 Å². The van der Waals surface area contributed by atoms with Gasteiger partial charge in [-0.15, -0.1) is 0 Å². The Morgan fingerprint density at radius 3 is 2.59 bits per heavy atom. The number of amides is 1. The maximum Gasteiger partial charge on any atom is 0.330 e. The zero-order valence-corrected chi connectivity index (χ0v) is 12.8. The van der Waals surface area contributed by atoms with Crippen LogP contribution in [-0.2, 0) is 20.9 Å². The Bertz CT molecular complexity index is 777. The molecular formula is C16H18N2O4. The molecule has 0 saturated carbocycles. The standard InChI is InChI=1S/C16H18N2O4/c1-16(2,15(21)22-3)17-14(20)10-18-9-8-13(19)11-6-4-5-7-12(11)18/h4-9H,10H2,1-3H3,(H,17,20). The number of aromatic nitrogens is 1. The van der Waals surface area contributed by atoms with Crippen LogP contribution >= 0.6 is 0 Å². The van der Waals surface area contributed by atoms with E-state index < -0.39 is 11.5 Å². The van der Waals surface area contributed by atoms with Crippen LogP contribution in [0.1, 0.15) is 13.8 Å². The molecule has 1 aromatic carbocycles. The number of fused-ring (bicyclic) bond motifs is 1. The quantitative estimate of drug-likeness (QED) is 0.857. The van der Waals surface area contributed by atoms with E-state index in [9.17, 15) is 14.4 Å². The van der Waals surface area contributed by atoms with Gasteiger partial charge in [0, 0.05) is 17.6 Å². The number of benzene rings is 1. The van der Waals surface area contributed by atoms with Crippen LogP contribution in [0.25, 0.3) is 10.9 Å². The Hall–Kier alpha value is -2.63. The topological polar surface area (TPSA) is 77.4 Å². The van der Waals surface area contributed by atoms with Crippen molar-refractivity contribution in [1.82, 2.24) is 9.88 Å². The molecule has 0 aliphatic heterocycles. The molecule has 0 unspecified atom stereocenters. The number of ether oxygens (including phenoxy) is 1. The third-order valence-electron chi connectivity index (χ3n) is 3.35. The van der Waals surface area contributed by atoms with E-state index in [-0.39, 0.29) is 17.9 Å². The molecule has 0 bridgehead atoms. The molecule has 0 saturated heterocycles. The van der Waals surface area contributed by atoms with Gasteiger partial charge in [0.15, 0.2) is 5.43 Å². The van der Waals surface area contributed by atoms with Crippen LogP contribution in [0.3, 0.4) is 0 Å². The molecule has 116 valence electrons. The van der Waals surface area contributed by atoms with E-state index in [0.717, 1.165) is 0 Å². The van der Waals surface area contributed by atoms with Gasteiger partial charge >= 0.3 is 5.97 Å². The van der Waals surface area contributed by atoms with Crippen molar-refractivity contribution in [3.63, 3.8) is 0 Å². The van der Waals surface area contributed by atoms with Crippen molar-refractivity contribution < 1.29 is 14.3 Å². The molecule has 1 heterocycles. The van der Waals surface area contributed by atoms with Gasteiger partial charge in [-0.05, 0) is 26.0 Å². The van der Waals surface area contributed by atoms with Crippen LogP contribution in [0.5, 0.6) is 0 Å². The highest BCUT2D eigenvalue weighted by molar-refractivity contribution is 5.88. The molecule has 0 aliphatic carbocycles. The fourth-order valence-electron chi connectivity index (χ4n) is 2.25. The molecule has 2 aromatic rings. The average molecular weight is 302 g/mol. The first-order valence-corrected chi connectivity index (χ1v) is 6.83. The Morgan fingerprint density at radius 1 is 1.23 bits per heavy atom. The molecule has 0 spiro atoms. The normalized spacial score (nSPS) is 11.2. The third-order valence-corrected chi connectivity index (χ3v) is 3.35. The second-order valence-corrected chi connectivity index (χ2v) is 5.49. The summed E-state index contributed by atoms with van der Waals surface area (Å²) in [6, 6.07) is 8.48. The van der Waals surface area contributed by atoms with E-state index in [4.69, 9.17) is 0 Å². The number of esters is 1. The van der Waals surface area contributed by atoms with Crippen LogP contribution < -0.4 is 10.7 Å². The average Bonchev–Trinajstić information content (AvgIpc) is 2.49. The molecule has 22 heavy (non-hydrogen) atoms. The van der Waals surface area contributed by atoms with Gasteiger partial charge < -0.3 is 14.6 Å². The summed E-state index contributed by atoms with van der Waals surface area (Å²) in [4.78, 5) is 35.6. The first kappa shape index (κ1) is 15.8. The van der Waals surface area contributed by atoms with E-state index >= 15 is 0 Å². The number of hydrogen-bond donors (Lipinski definition) is 1. The smallest absolute Gasteiger partial charge is 0.330 e. The molecule has 6 nitrogen and oxygen atoms in total. The lowest BCUT2D eigenvalue weighted by Gasteiger charge is -2.23. The van der Waals surface area contributed by atoms with Crippen LogP contribution in [-0.4, -0.2) is 29.1 Å². The highest BCUT2D eigenvalue weighted by atomic mass is 16.5. The summed E-state index contributed by atoms with van der Waals surface area (Å²) in [5.74, 6) is -0.866. The lowest BCUT2D eigenvalue weighted by Crippen LogP contribution is -2.51.